The third kappa shape index (κ3) is 5.13. The van der Waals surface area contributed by atoms with Crippen LogP contribution in [0.4, 0.5) is 0 Å². The molecule has 5 heteroatoms. The first-order valence-electron chi connectivity index (χ1n) is 7.91. The Bertz CT molecular complexity index is 646. The van der Waals surface area contributed by atoms with Gasteiger partial charge in [-0.3, -0.25) is 0 Å². The molecule has 2 aromatic rings. The molecule has 0 unspecified atom stereocenters. The maximum Gasteiger partial charge on any atom is 0.160 e. The fraction of sp³-hybridized carbons (Fsp3) is 0.368. The second-order valence-corrected chi connectivity index (χ2v) is 6.21. The number of aliphatic hydroxyl groups excluding tert-OH is 1. The maximum atomic E-state index is 10.2. The molecule has 0 saturated heterocycles. The Kier molecular flexibility index (Phi) is 6.91. The van der Waals surface area contributed by atoms with Crippen molar-refractivity contribution in [3.05, 3.63) is 58.6 Å². The largest absolute Gasteiger partial charge is 0.493 e. The Balaban J connectivity index is 1.88. The number of halogens is 1. The van der Waals surface area contributed by atoms with E-state index in [1.807, 2.05) is 30.3 Å². The molecule has 0 amide bonds. The van der Waals surface area contributed by atoms with Crippen molar-refractivity contribution >= 4 is 11.6 Å². The molecule has 24 heavy (non-hydrogen) atoms. The summed E-state index contributed by atoms with van der Waals surface area (Å²) < 4.78 is 10.6. The minimum Gasteiger partial charge on any atom is -0.493 e. The van der Waals surface area contributed by atoms with Gasteiger partial charge in [-0.1, -0.05) is 29.8 Å². The van der Waals surface area contributed by atoms with Gasteiger partial charge in [0, 0.05) is 17.6 Å². The van der Waals surface area contributed by atoms with Crippen LogP contribution in [-0.4, -0.2) is 31.9 Å². The molecule has 0 fully saturated rings. The zero-order chi connectivity index (χ0) is 17.5. The Morgan fingerprint density at radius 1 is 1.04 bits per heavy atom. The fourth-order valence-corrected chi connectivity index (χ4v) is 2.67. The van der Waals surface area contributed by atoms with Gasteiger partial charge in [0.2, 0.25) is 0 Å². The second-order valence-electron chi connectivity index (χ2n) is 5.77. The van der Waals surface area contributed by atoms with E-state index in [-0.39, 0.29) is 6.04 Å². The maximum absolute atomic E-state index is 10.2. The van der Waals surface area contributed by atoms with Gasteiger partial charge in [0.05, 0.1) is 20.3 Å². The number of methoxy groups -OCH3 is 2. The zero-order valence-electron chi connectivity index (χ0n) is 14.3. The van der Waals surface area contributed by atoms with E-state index < -0.39 is 6.10 Å². The van der Waals surface area contributed by atoms with E-state index in [1.165, 1.54) is 0 Å². The van der Waals surface area contributed by atoms with Gasteiger partial charge in [0.25, 0.3) is 0 Å². The highest BCUT2D eigenvalue weighted by Gasteiger charge is 2.11. The normalized spacial score (nSPS) is 13.4. The average molecular weight is 350 g/mol. The summed E-state index contributed by atoms with van der Waals surface area (Å²) in [4.78, 5) is 0. The van der Waals surface area contributed by atoms with Crippen molar-refractivity contribution < 1.29 is 14.6 Å². The average Bonchev–Trinajstić information content (AvgIpc) is 2.60. The number of rotatable bonds is 8. The lowest BCUT2D eigenvalue weighted by atomic mass is 10.1. The van der Waals surface area contributed by atoms with Gasteiger partial charge >= 0.3 is 0 Å². The van der Waals surface area contributed by atoms with E-state index in [1.54, 1.807) is 26.4 Å². The summed E-state index contributed by atoms with van der Waals surface area (Å²) in [5.74, 6) is 1.45. The molecule has 0 heterocycles. The number of benzene rings is 2. The van der Waals surface area contributed by atoms with Crippen molar-refractivity contribution in [1.29, 1.82) is 0 Å². The first kappa shape index (κ1) is 18.6. The Morgan fingerprint density at radius 3 is 2.33 bits per heavy atom. The highest BCUT2D eigenvalue weighted by molar-refractivity contribution is 6.30. The van der Waals surface area contributed by atoms with Crippen LogP contribution in [0.5, 0.6) is 11.5 Å². The van der Waals surface area contributed by atoms with Crippen LogP contribution in [0.15, 0.2) is 42.5 Å². The molecule has 2 aromatic carbocycles. The zero-order valence-corrected chi connectivity index (χ0v) is 15.0. The van der Waals surface area contributed by atoms with Gasteiger partial charge in [-0.15, -0.1) is 0 Å². The molecule has 0 aliphatic rings. The standard InChI is InChI=1S/C19H24ClNO3/c1-13(10-14-4-9-18(23-2)19(11-14)24-3)21-12-17(22)15-5-7-16(20)8-6-15/h4-9,11,13,17,21-22H,10,12H2,1-3H3/t13-,17+/m1/s1. The third-order valence-corrected chi connectivity index (χ3v) is 4.16. The Hall–Kier alpha value is -1.75. The van der Waals surface area contributed by atoms with Crippen LogP contribution in [-0.2, 0) is 6.42 Å². The molecule has 2 atom stereocenters. The predicted octanol–water partition coefficient (Wildman–Crippen LogP) is 3.61. The fourth-order valence-electron chi connectivity index (χ4n) is 2.55. The van der Waals surface area contributed by atoms with Crippen LogP contribution in [0.3, 0.4) is 0 Å². The van der Waals surface area contributed by atoms with Crippen molar-refractivity contribution in [2.75, 3.05) is 20.8 Å². The molecule has 0 radical (unpaired) electrons. The van der Waals surface area contributed by atoms with Crippen LogP contribution >= 0.6 is 11.6 Å². The molecular weight excluding hydrogens is 326 g/mol. The molecule has 0 aliphatic carbocycles. The van der Waals surface area contributed by atoms with Crippen molar-refractivity contribution in [3.8, 4) is 11.5 Å². The first-order valence-corrected chi connectivity index (χ1v) is 8.29. The predicted molar refractivity (Wildman–Crippen MR) is 97.1 cm³/mol. The third-order valence-electron chi connectivity index (χ3n) is 3.90. The van der Waals surface area contributed by atoms with E-state index in [0.717, 1.165) is 29.0 Å². The van der Waals surface area contributed by atoms with Gasteiger partial charge in [-0.05, 0) is 48.7 Å². The summed E-state index contributed by atoms with van der Waals surface area (Å²) in [5, 5.41) is 14.3. The molecule has 2 N–H and O–H groups in total. The SMILES string of the molecule is COc1ccc(C[C@@H](C)NC[C@H](O)c2ccc(Cl)cc2)cc1OC. The van der Waals surface area contributed by atoms with Gasteiger partial charge in [-0.25, -0.2) is 0 Å². The number of hydrogen-bond donors (Lipinski definition) is 2. The number of ether oxygens (including phenoxy) is 2. The molecule has 0 aliphatic heterocycles. The summed E-state index contributed by atoms with van der Waals surface area (Å²) in [5.41, 5.74) is 2.00. The smallest absolute Gasteiger partial charge is 0.160 e. The van der Waals surface area contributed by atoms with Crippen LogP contribution in [0.25, 0.3) is 0 Å². The number of nitrogens with one attached hydrogen (secondary N) is 1. The van der Waals surface area contributed by atoms with Crippen LogP contribution < -0.4 is 14.8 Å². The molecule has 0 spiro atoms. The Morgan fingerprint density at radius 2 is 1.71 bits per heavy atom. The molecular formula is C19H24ClNO3. The topological polar surface area (TPSA) is 50.7 Å². The van der Waals surface area contributed by atoms with Gasteiger partial charge in [0.15, 0.2) is 11.5 Å². The second kappa shape index (κ2) is 8.92. The lowest BCUT2D eigenvalue weighted by Crippen LogP contribution is -2.32. The monoisotopic (exact) mass is 349 g/mol. The van der Waals surface area contributed by atoms with Crippen LogP contribution in [0.1, 0.15) is 24.2 Å². The number of aliphatic hydroxyl groups is 1. The number of hydrogen-bond acceptors (Lipinski definition) is 4. The summed E-state index contributed by atoms with van der Waals surface area (Å²) in [6.45, 7) is 2.57. The van der Waals surface area contributed by atoms with Crippen LogP contribution in [0, 0.1) is 0 Å². The molecule has 0 saturated carbocycles. The lowest BCUT2D eigenvalue weighted by molar-refractivity contribution is 0.170. The van der Waals surface area contributed by atoms with Gasteiger partial charge < -0.3 is 19.9 Å². The lowest BCUT2D eigenvalue weighted by Gasteiger charge is -2.18. The highest BCUT2D eigenvalue weighted by Crippen LogP contribution is 2.28. The van der Waals surface area contributed by atoms with E-state index in [0.29, 0.717) is 11.6 Å². The Labute approximate surface area is 148 Å². The summed E-state index contributed by atoms with van der Waals surface area (Å²) >= 11 is 5.86. The van der Waals surface area contributed by atoms with E-state index >= 15 is 0 Å². The van der Waals surface area contributed by atoms with Crippen molar-refractivity contribution in [2.45, 2.75) is 25.5 Å². The van der Waals surface area contributed by atoms with E-state index in [4.69, 9.17) is 21.1 Å². The summed E-state index contributed by atoms with van der Waals surface area (Å²) in [6, 6.07) is 13.4. The molecule has 4 nitrogen and oxygen atoms in total. The summed E-state index contributed by atoms with van der Waals surface area (Å²) in [6.07, 6.45) is 0.267. The quantitative estimate of drug-likeness (QED) is 0.764. The summed E-state index contributed by atoms with van der Waals surface area (Å²) in [7, 11) is 3.26. The van der Waals surface area contributed by atoms with Crippen molar-refractivity contribution in [3.63, 3.8) is 0 Å². The minimum absolute atomic E-state index is 0.213. The highest BCUT2D eigenvalue weighted by atomic mass is 35.5. The van der Waals surface area contributed by atoms with Crippen molar-refractivity contribution in [1.82, 2.24) is 5.32 Å². The van der Waals surface area contributed by atoms with E-state index in [2.05, 4.69) is 12.2 Å². The van der Waals surface area contributed by atoms with Crippen molar-refractivity contribution in [2.24, 2.45) is 0 Å². The van der Waals surface area contributed by atoms with Crippen LogP contribution in [0.2, 0.25) is 5.02 Å². The minimum atomic E-state index is -0.560. The molecule has 0 bridgehead atoms. The van der Waals surface area contributed by atoms with Gasteiger partial charge in [-0.2, -0.15) is 0 Å². The van der Waals surface area contributed by atoms with Gasteiger partial charge in [0.1, 0.15) is 0 Å². The van der Waals surface area contributed by atoms with E-state index in [9.17, 15) is 5.11 Å². The first-order chi connectivity index (χ1) is 11.5. The molecule has 0 aromatic heterocycles. The molecule has 2 rings (SSSR count). The molecule has 130 valence electrons.